The minimum absolute atomic E-state index is 0.254. The topological polar surface area (TPSA) is 49.9 Å². The summed E-state index contributed by atoms with van der Waals surface area (Å²) in [6.45, 7) is 10.5. The number of piperidine rings is 2. The van der Waals surface area contributed by atoms with Gasteiger partial charge < -0.3 is 14.5 Å². The van der Waals surface area contributed by atoms with Gasteiger partial charge >= 0.3 is 6.09 Å². The van der Waals surface area contributed by atoms with E-state index in [-0.39, 0.29) is 17.4 Å². The summed E-state index contributed by atoms with van der Waals surface area (Å²) in [5, 5.41) is 0. The maximum atomic E-state index is 12.8. The van der Waals surface area contributed by atoms with E-state index in [1.807, 2.05) is 32.6 Å². The highest BCUT2D eigenvalue weighted by Crippen LogP contribution is 2.34. The molecule has 125 valence electrons. The van der Waals surface area contributed by atoms with Crippen LogP contribution >= 0.6 is 0 Å². The normalized spacial score (nSPS) is 22.4. The molecule has 2 amide bonds. The maximum absolute atomic E-state index is 12.8. The summed E-state index contributed by atoms with van der Waals surface area (Å²) in [6.07, 6.45) is 5.39. The van der Waals surface area contributed by atoms with E-state index in [0.717, 1.165) is 25.9 Å². The number of amides is 2. The first-order chi connectivity index (χ1) is 10.2. The number of hydrogen-bond donors (Lipinski definition) is 0. The fourth-order valence-electron chi connectivity index (χ4n) is 3.06. The zero-order valence-electron chi connectivity index (χ0n) is 14.4. The van der Waals surface area contributed by atoms with E-state index in [4.69, 9.17) is 4.74 Å². The molecule has 1 radical (unpaired) electrons. The van der Waals surface area contributed by atoms with Crippen LogP contribution in [0.25, 0.3) is 0 Å². The molecule has 0 aromatic rings. The standard InChI is InChI=1S/C17H29N2O3/c1-16(2,3)22-15(21)19-12-8-17(4,9-13-19)14(20)18-10-6-5-7-11-18/h5H,6-13H2,1-4H3. The molecule has 0 aromatic carbocycles. The lowest BCUT2D eigenvalue weighted by Crippen LogP contribution is -2.51. The Labute approximate surface area is 134 Å². The van der Waals surface area contributed by atoms with Gasteiger partial charge in [-0.2, -0.15) is 0 Å². The number of carbonyl (C=O) groups is 2. The molecule has 2 rings (SSSR count). The Morgan fingerprint density at radius 3 is 2.05 bits per heavy atom. The van der Waals surface area contributed by atoms with E-state index in [1.54, 1.807) is 4.90 Å². The molecule has 2 aliphatic heterocycles. The molecule has 2 fully saturated rings. The van der Waals surface area contributed by atoms with Gasteiger partial charge in [0.15, 0.2) is 0 Å². The zero-order valence-corrected chi connectivity index (χ0v) is 14.4. The molecule has 0 atom stereocenters. The van der Waals surface area contributed by atoms with Gasteiger partial charge in [0.2, 0.25) is 5.91 Å². The fraction of sp³-hybridized carbons (Fsp3) is 0.824. The summed E-state index contributed by atoms with van der Waals surface area (Å²) >= 11 is 0. The number of carbonyl (C=O) groups excluding carboxylic acids is 2. The van der Waals surface area contributed by atoms with Gasteiger partial charge in [-0.25, -0.2) is 4.79 Å². The first kappa shape index (κ1) is 17.1. The Balaban J connectivity index is 1.89. The van der Waals surface area contributed by atoms with Crippen LogP contribution in [0.1, 0.15) is 53.4 Å². The molecule has 0 unspecified atom stereocenters. The van der Waals surface area contributed by atoms with Crippen LogP contribution in [0.3, 0.4) is 0 Å². The minimum atomic E-state index is -0.474. The third-order valence-electron chi connectivity index (χ3n) is 4.53. The van der Waals surface area contributed by atoms with Crippen molar-refractivity contribution in [2.75, 3.05) is 26.2 Å². The van der Waals surface area contributed by atoms with Crippen molar-refractivity contribution in [3.05, 3.63) is 6.42 Å². The summed E-state index contributed by atoms with van der Waals surface area (Å²) in [6, 6.07) is 0. The van der Waals surface area contributed by atoms with Crippen molar-refractivity contribution in [3.8, 4) is 0 Å². The number of likely N-dealkylation sites (tertiary alicyclic amines) is 2. The van der Waals surface area contributed by atoms with Gasteiger partial charge in [0.05, 0.1) is 0 Å². The molecule has 5 heteroatoms. The largest absolute Gasteiger partial charge is 0.444 e. The second-order valence-corrected chi connectivity index (χ2v) is 7.69. The highest BCUT2D eigenvalue weighted by Gasteiger charge is 2.41. The molecule has 2 heterocycles. The molecule has 0 aromatic heterocycles. The molecule has 0 saturated carbocycles. The van der Waals surface area contributed by atoms with E-state index in [0.29, 0.717) is 25.9 Å². The Bertz CT molecular complexity index is 414. The third kappa shape index (κ3) is 4.14. The van der Waals surface area contributed by atoms with Crippen molar-refractivity contribution in [3.63, 3.8) is 0 Å². The van der Waals surface area contributed by atoms with Crippen molar-refractivity contribution < 1.29 is 14.3 Å². The fourth-order valence-corrected chi connectivity index (χ4v) is 3.06. The summed E-state index contributed by atoms with van der Waals surface area (Å²) in [7, 11) is 0. The molecular formula is C17H29N2O3. The van der Waals surface area contributed by atoms with E-state index >= 15 is 0 Å². The maximum Gasteiger partial charge on any atom is 0.410 e. The molecule has 2 saturated heterocycles. The van der Waals surface area contributed by atoms with Gasteiger partial charge in [0.1, 0.15) is 5.60 Å². The van der Waals surface area contributed by atoms with Crippen LogP contribution in [-0.2, 0) is 9.53 Å². The molecule has 5 nitrogen and oxygen atoms in total. The van der Waals surface area contributed by atoms with Crippen LogP contribution in [0, 0.1) is 11.8 Å². The highest BCUT2D eigenvalue weighted by atomic mass is 16.6. The van der Waals surface area contributed by atoms with Gasteiger partial charge in [0.25, 0.3) is 0 Å². The summed E-state index contributed by atoms with van der Waals surface area (Å²) in [4.78, 5) is 28.6. The highest BCUT2D eigenvalue weighted by molar-refractivity contribution is 5.83. The van der Waals surface area contributed by atoms with Gasteiger partial charge in [-0.1, -0.05) is 6.92 Å². The number of ether oxygens (including phenoxy) is 1. The summed E-state index contributed by atoms with van der Waals surface area (Å²) in [5.74, 6) is 0.254. The molecule has 0 bridgehead atoms. The van der Waals surface area contributed by atoms with E-state index in [1.165, 1.54) is 0 Å². The van der Waals surface area contributed by atoms with Gasteiger partial charge in [-0.3, -0.25) is 4.79 Å². The quantitative estimate of drug-likeness (QED) is 0.748. The van der Waals surface area contributed by atoms with Crippen LogP contribution in [0.2, 0.25) is 0 Å². The second kappa shape index (κ2) is 6.47. The SMILES string of the molecule is CC(C)(C)OC(=O)N1CCC(C)(C(=O)N2CC[CH]CC2)CC1. The Hall–Kier alpha value is -1.26. The Morgan fingerprint density at radius 2 is 1.55 bits per heavy atom. The van der Waals surface area contributed by atoms with E-state index < -0.39 is 5.60 Å². The number of nitrogens with zero attached hydrogens (tertiary/aromatic N) is 2. The molecule has 0 spiro atoms. The Kier molecular flexibility index (Phi) is 5.03. The third-order valence-corrected chi connectivity index (χ3v) is 4.53. The molecular weight excluding hydrogens is 280 g/mol. The molecule has 0 aliphatic carbocycles. The van der Waals surface area contributed by atoms with Crippen molar-refractivity contribution in [1.29, 1.82) is 0 Å². The predicted molar refractivity (Wildman–Crippen MR) is 85.3 cm³/mol. The van der Waals surface area contributed by atoms with Gasteiger partial charge in [-0.15, -0.1) is 0 Å². The van der Waals surface area contributed by atoms with Crippen LogP contribution in [0.4, 0.5) is 4.79 Å². The van der Waals surface area contributed by atoms with Crippen molar-refractivity contribution in [2.45, 2.75) is 59.0 Å². The lowest BCUT2D eigenvalue weighted by molar-refractivity contribution is -0.144. The number of hydrogen-bond acceptors (Lipinski definition) is 3. The minimum Gasteiger partial charge on any atom is -0.444 e. The average molecular weight is 309 g/mol. The molecule has 0 N–H and O–H groups in total. The second-order valence-electron chi connectivity index (χ2n) is 7.69. The zero-order chi connectivity index (χ0) is 16.4. The molecule has 2 aliphatic rings. The number of rotatable bonds is 1. The Morgan fingerprint density at radius 1 is 1.00 bits per heavy atom. The lowest BCUT2D eigenvalue weighted by atomic mass is 9.78. The monoisotopic (exact) mass is 309 g/mol. The lowest BCUT2D eigenvalue weighted by Gasteiger charge is -2.42. The van der Waals surface area contributed by atoms with Crippen molar-refractivity contribution >= 4 is 12.0 Å². The van der Waals surface area contributed by atoms with E-state index in [9.17, 15) is 9.59 Å². The van der Waals surface area contributed by atoms with E-state index in [2.05, 4.69) is 6.42 Å². The summed E-state index contributed by atoms with van der Waals surface area (Å²) in [5.41, 5.74) is -0.812. The van der Waals surface area contributed by atoms with Crippen LogP contribution in [-0.4, -0.2) is 53.6 Å². The van der Waals surface area contributed by atoms with Crippen LogP contribution in [0.5, 0.6) is 0 Å². The van der Waals surface area contributed by atoms with Gasteiger partial charge in [-0.05, 0) is 52.9 Å². The van der Waals surface area contributed by atoms with Crippen LogP contribution < -0.4 is 0 Å². The molecule has 22 heavy (non-hydrogen) atoms. The average Bonchev–Trinajstić information content (AvgIpc) is 2.46. The van der Waals surface area contributed by atoms with Crippen LogP contribution in [0.15, 0.2) is 0 Å². The predicted octanol–water partition coefficient (Wildman–Crippen LogP) is 2.85. The first-order valence-electron chi connectivity index (χ1n) is 8.30. The first-order valence-corrected chi connectivity index (χ1v) is 8.30. The van der Waals surface area contributed by atoms with Gasteiger partial charge in [0, 0.05) is 31.6 Å². The smallest absolute Gasteiger partial charge is 0.410 e. The van der Waals surface area contributed by atoms with Crippen molar-refractivity contribution in [1.82, 2.24) is 9.80 Å². The van der Waals surface area contributed by atoms with Crippen molar-refractivity contribution in [2.24, 2.45) is 5.41 Å². The summed E-state index contributed by atoms with van der Waals surface area (Å²) < 4.78 is 5.41.